The number of halogens is 1. The Kier molecular flexibility index (Phi) is 6.80. The Morgan fingerprint density at radius 1 is 1.21 bits per heavy atom. The van der Waals surface area contributed by atoms with Crippen molar-refractivity contribution >= 4 is 28.9 Å². The Morgan fingerprint density at radius 2 is 2.03 bits per heavy atom. The first-order valence-corrected chi connectivity index (χ1v) is 10.4. The Labute approximate surface area is 191 Å². The van der Waals surface area contributed by atoms with Gasteiger partial charge in [-0.3, -0.25) is 4.79 Å². The molecule has 0 bridgehead atoms. The van der Waals surface area contributed by atoms with E-state index in [1.165, 1.54) is 7.11 Å². The van der Waals surface area contributed by atoms with Crippen LogP contribution < -0.4 is 20.3 Å². The van der Waals surface area contributed by atoms with Crippen molar-refractivity contribution in [3.8, 4) is 17.0 Å². The molecule has 0 spiro atoms. The number of aromatic nitrogens is 2. The van der Waals surface area contributed by atoms with Gasteiger partial charge >= 0.3 is 0 Å². The molecule has 1 aromatic heterocycles. The molecule has 1 aliphatic heterocycles. The molecule has 2 N–H and O–H groups in total. The number of carbonyl (C=O) groups is 1. The molecule has 1 aliphatic rings. The van der Waals surface area contributed by atoms with E-state index in [1.54, 1.807) is 18.2 Å². The van der Waals surface area contributed by atoms with E-state index in [2.05, 4.69) is 32.1 Å². The highest BCUT2D eigenvalue weighted by molar-refractivity contribution is 5.99. The molecule has 2 heterocycles. The van der Waals surface area contributed by atoms with Crippen LogP contribution in [0.2, 0.25) is 0 Å². The largest absolute Gasteiger partial charge is 0.496 e. The summed E-state index contributed by atoms with van der Waals surface area (Å²) >= 11 is 0. The number of benzene rings is 2. The molecule has 3 aromatic rings. The van der Waals surface area contributed by atoms with Gasteiger partial charge in [0.2, 0.25) is 11.9 Å². The zero-order valence-corrected chi connectivity index (χ0v) is 18.2. The number of anilines is 4. The molecule has 0 saturated carbocycles. The van der Waals surface area contributed by atoms with Gasteiger partial charge in [-0.05, 0) is 42.5 Å². The average molecular weight is 449 g/mol. The van der Waals surface area contributed by atoms with E-state index in [0.29, 0.717) is 30.2 Å². The van der Waals surface area contributed by atoms with Crippen molar-refractivity contribution < 1.29 is 18.7 Å². The molecule has 170 valence electrons. The number of ether oxygens (including phenoxy) is 2. The van der Waals surface area contributed by atoms with Crippen LogP contribution in [0.3, 0.4) is 0 Å². The van der Waals surface area contributed by atoms with Crippen LogP contribution in [0.5, 0.6) is 5.75 Å². The lowest BCUT2D eigenvalue weighted by atomic mass is 10.1. The number of nitrogens with zero attached hydrogens (tertiary/aromatic N) is 3. The highest BCUT2D eigenvalue weighted by atomic mass is 19.1. The van der Waals surface area contributed by atoms with Crippen LogP contribution in [0.15, 0.2) is 61.3 Å². The first-order valence-electron chi connectivity index (χ1n) is 10.4. The summed E-state index contributed by atoms with van der Waals surface area (Å²) in [5.74, 6) is -0.359. The maximum absolute atomic E-state index is 14.7. The third-order valence-electron chi connectivity index (χ3n) is 5.13. The van der Waals surface area contributed by atoms with Crippen LogP contribution in [0.1, 0.15) is 0 Å². The number of nitrogens with one attached hydrogen (secondary N) is 2. The summed E-state index contributed by atoms with van der Waals surface area (Å²) in [6.45, 7) is 6.46. The van der Waals surface area contributed by atoms with E-state index in [4.69, 9.17) is 9.47 Å². The lowest BCUT2D eigenvalue weighted by Gasteiger charge is -2.29. The number of methoxy groups -OCH3 is 1. The molecule has 1 fully saturated rings. The number of carbonyl (C=O) groups excluding carboxylic acids is 1. The first kappa shape index (κ1) is 22.2. The lowest BCUT2D eigenvalue weighted by molar-refractivity contribution is -0.111. The maximum atomic E-state index is 14.7. The van der Waals surface area contributed by atoms with Crippen LogP contribution in [0.4, 0.5) is 27.4 Å². The van der Waals surface area contributed by atoms with Crippen LogP contribution in [0, 0.1) is 5.82 Å². The molecule has 0 aliphatic carbocycles. The van der Waals surface area contributed by atoms with E-state index in [9.17, 15) is 9.18 Å². The maximum Gasteiger partial charge on any atom is 0.247 e. The van der Waals surface area contributed by atoms with Crippen molar-refractivity contribution in [3.05, 3.63) is 67.1 Å². The van der Waals surface area contributed by atoms with Crippen LogP contribution >= 0.6 is 0 Å². The summed E-state index contributed by atoms with van der Waals surface area (Å²) in [5.41, 5.74) is 2.71. The Bertz CT molecular complexity index is 1160. The molecule has 1 amide bonds. The third kappa shape index (κ3) is 5.27. The number of hydrogen-bond donors (Lipinski definition) is 2. The third-order valence-corrected chi connectivity index (χ3v) is 5.13. The van der Waals surface area contributed by atoms with Crippen LogP contribution in [0.25, 0.3) is 11.3 Å². The minimum absolute atomic E-state index is 0.0448. The molecule has 1 saturated heterocycles. The normalized spacial score (nSPS) is 13.3. The Hall–Kier alpha value is -3.98. The number of amides is 1. The van der Waals surface area contributed by atoms with Gasteiger partial charge in [-0.1, -0.05) is 12.6 Å². The number of rotatable bonds is 7. The van der Waals surface area contributed by atoms with Crippen molar-refractivity contribution in [2.75, 3.05) is 48.9 Å². The second-order valence-electron chi connectivity index (χ2n) is 7.27. The zero-order chi connectivity index (χ0) is 23.2. The fraction of sp³-hybridized carbons (Fsp3) is 0.208. The van der Waals surface area contributed by atoms with Gasteiger partial charge < -0.3 is 25.0 Å². The standard InChI is InChI=1S/C24H24FN5O3/c1-3-22(31)27-17-7-8-21(32-2)19(14-17)23-20(25)15-26-24(29-23)28-16-5-4-6-18(13-16)30-9-11-33-12-10-30/h3-8,13-15H,1,9-12H2,2H3,(H,27,31)(H,26,28,29). The van der Waals surface area contributed by atoms with E-state index >= 15 is 0 Å². The Morgan fingerprint density at radius 3 is 2.79 bits per heavy atom. The smallest absolute Gasteiger partial charge is 0.247 e. The van der Waals surface area contributed by atoms with Gasteiger partial charge in [0, 0.05) is 35.7 Å². The van der Waals surface area contributed by atoms with Crippen molar-refractivity contribution in [1.82, 2.24) is 9.97 Å². The minimum atomic E-state index is -0.617. The van der Waals surface area contributed by atoms with Crippen molar-refractivity contribution in [3.63, 3.8) is 0 Å². The van der Waals surface area contributed by atoms with Gasteiger partial charge in [0.1, 0.15) is 11.4 Å². The predicted molar refractivity (Wildman–Crippen MR) is 126 cm³/mol. The summed E-state index contributed by atoms with van der Waals surface area (Å²) in [4.78, 5) is 22.4. The molecule has 8 nitrogen and oxygen atoms in total. The highest BCUT2D eigenvalue weighted by Crippen LogP contribution is 2.34. The molecular weight excluding hydrogens is 425 g/mol. The summed E-state index contributed by atoms with van der Waals surface area (Å²) in [5, 5.41) is 5.80. The molecule has 0 unspecified atom stereocenters. The molecule has 9 heteroatoms. The molecule has 2 aromatic carbocycles. The minimum Gasteiger partial charge on any atom is -0.496 e. The summed E-state index contributed by atoms with van der Waals surface area (Å²) < 4.78 is 25.6. The van der Waals surface area contributed by atoms with Gasteiger partial charge in [0.25, 0.3) is 0 Å². The summed E-state index contributed by atoms with van der Waals surface area (Å²) in [6, 6.07) is 12.7. The van der Waals surface area contributed by atoms with Crippen molar-refractivity contribution in [2.45, 2.75) is 0 Å². The second kappa shape index (κ2) is 10.1. The molecule has 0 radical (unpaired) electrons. The molecule has 4 rings (SSSR count). The lowest BCUT2D eigenvalue weighted by Crippen LogP contribution is -2.36. The number of morpholine rings is 1. The zero-order valence-electron chi connectivity index (χ0n) is 18.2. The first-order chi connectivity index (χ1) is 16.1. The van der Waals surface area contributed by atoms with Crippen LogP contribution in [-0.2, 0) is 9.53 Å². The van der Waals surface area contributed by atoms with Crippen molar-refractivity contribution in [1.29, 1.82) is 0 Å². The predicted octanol–water partition coefficient (Wildman–Crippen LogP) is 4.00. The van der Waals surface area contributed by atoms with Gasteiger partial charge in [0.05, 0.1) is 26.5 Å². The fourth-order valence-electron chi connectivity index (χ4n) is 3.51. The van der Waals surface area contributed by atoms with Crippen LogP contribution in [-0.4, -0.2) is 49.3 Å². The van der Waals surface area contributed by atoms with Crippen molar-refractivity contribution in [2.24, 2.45) is 0 Å². The monoisotopic (exact) mass is 449 g/mol. The highest BCUT2D eigenvalue weighted by Gasteiger charge is 2.16. The number of hydrogen-bond acceptors (Lipinski definition) is 7. The van der Waals surface area contributed by atoms with E-state index in [-0.39, 0.29) is 17.5 Å². The second-order valence-corrected chi connectivity index (χ2v) is 7.27. The van der Waals surface area contributed by atoms with E-state index in [1.807, 2.05) is 24.3 Å². The van der Waals surface area contributed by atoms with Gasteiger partial charge in [-0.25, -0.2) is 14.4 Å². The SMILES string of the molecule is C=CC(=O)Nc1ccc(OC)c(-c2nc(Nc3cccc(N4CCOCC4)c3)ncc2F)c1. The topological polar surface area (TPSA) is 88.6 Å². The summed E-state index contributed by atoms with van der Waals surface area (Å²) in [6.07, 6.45) is 2.26. The van der Waals surface area contributed by atoms with Gasteiger partial charge in [-0.2, -0.15) is 0 Å². The quantitative estimate of drug-likeness (QED) is 0.527. The molecule has 33 heavy (non-hydrogen) atoms. The van der Waals surface area contributed by atoms with E-state index in [0.717, 1.165) is 36.7 Å². The average Bonchev–Trinajstić information content (AvgIpc) is 2.86. The fourth-order valence-corrected chi connectivity index (χ4v) is 3.51. The Balaban J connectivity index is 1.63. The van der Waals surface area contributed by atoms with E-state index < -0.39 is 5.82 Å². The van der Waals surface area contributed by atoms with Gasteiger partial charge in [-0.15, -0.1) is 0 Å². The summed E-state index contributed by atoms with van der Waals surface area (Å²) in [7, 11) is 1.48. The molecule has 0 atom stereocenters. The van der Waals surface area contributed by atoms with Gasteiger partial charge in [0.15, 0.2) is 5.82 Å². The molecular formula is C24H24FN5O3.